The molecule has 1 amide bonds. The van der Waals surface area contributed by atoms with E-state index in [0.717, 1.165) is 18.4 Å². The number of benzene rings is 1. The average molecular weight is 348 g/mol. The fourth-order valence-corrected chi connectivity index (χ4v) is 3.12. The molecule has 1 aromatic rings. The monoisotopic (exact) mass is 347 g/mol. The van der Waals surface area contributed by atoms with E-state index in [4.69, 9.17) is 0 Å². The van der Waals surface area contributed by atoms with Crippen LogP contribution in [0.4, 0.5) is 0 Å². The molecule has 0 saturated heterocycles. The minimum atomic E-state index is -0.655. The molecule has 0 aliphatic carbocycles. The summed E-state index contributed by atoms with van der Waals surface area (Å²) in [5, 5.41) is 13.2. The molecule has 0 bridgehead atoms. The van der Waals surface area contributed by atoms with Crippen molar-refractivity contribution < 1.29 is 9.90 Å². The number of aliphatic hydroxyl groups excluding tert-OH is 1. The van der Waals surface area contributed by atoms with Crippen LogP contribution in [0.1, 0.15) is 96.1 Å². The third-order valence-corrected chi connectivity index (χ3v) is 4.76. The summed E-state index contributed by atoms with van der Waals surface area (Å²) in [6.45, 7) is 4.10. The number of carbonyl (C=O) groups is 1. The average Bonchev–Trinajstić information content (AvgIpc) is 2.63. The number of nitrogens with one attached hydrogen (secondary N) is 1. The molecule has 2 N–H and O–H groups in total. The maximum absolute atomic E-state index is 12.0. The molecule has 3 nitrogen and oxygen atoms in total. The van der Waals surface area contributed by atoms with Gasteiger partial charge in [-0.05, 0) is 18.9 Å². The quantitative estimate of drug-likeness (QED) is 0.434. The lowest BCUT2D eigenvalue weighted by molar-refractivity contribution is -0.122. The Hall–Kier alpha value is -1.35. The first-order valence-corrected chi connectivity index (χ1v) is 10.2. The predicted octanol–water partition coefficient (Wildman–Crippen LogP) is 5.54. The minimum Gasteiger partial charge on any atom is -0.386 e. The fraction of sp³-hybridized carbons (Fsp3) is 0.682. The first kappa shape index (κ1) is 21.7. The lowest BCUT2D eigenvalue weighted by Crippen LogP contribution is -2.36. The van der Waals surface area contributed by atoms with E-state index in [-0.39, 0.29) is 11.9 Å². The molecule has 0 aromatic heterocycles. The van der Waals surface area contributed by atoms with Crippen LogP contribution < -0.4 is 5.32 Å². The highest BCUT2D eigenvalue weighted by molar-refractivity contribution is 5.76. The summed E-state index contributed by atoms with van der Waals surface area (Å²) >= 11 is 0. The molecule has 0 radical (unpaired) electrons. The van der Waals surface area contributed by atoms with E-state index in [0.29, 0.717) is 6.42 Å². The van der Waals surface area contributed by atoms with Crippen LogP contribution >= 0.6 is 0 Å². The smallest absolute Gasteiger partial charge is 0.220 e. The molecule has 0 heterocycles. The lowest BCUT2D eigenvalue weighted by Gasteiger charge is -2.20. The Morgan fingerprint density at radius 1 is 0.920 bits per heavy atom. The normalized spacial score (nSPS) is 13.4. The van der Waals surface area contributed by atoms with Crippen molar-refractivity contribution in [1.29, 1.82) is 0 Å². The van der Waals surface area contributed by atoms with Crippen LogP contribution in [-0.4, -0.2) is 17.1 Å². The van der Waals surface area contributed by atoms with Gasteiger partial charge in [0.25, 0.3) is 0 Å². The van der Waals surface area contributed by atoms with Crippen LogP contribution in [0.5, 0.6) is 0 Å². The van der Waals surface area contributed by atoms with E-state index in [1.807, 2.05) is 37.3 Å². The van der Waals surface area contributed by atoms with Crippen LogP contribution in [0.3, 0.4) is 0 Å². The predicted molar refractivity (Wildman–Crippen MR) is 105 cm³/mol. The molecule has 3 heteroatoms. The van der Waals surface area contributed by atoms with Crippen molar-refractivity contribution in [3.63, 3.8) is 0 Å². The first-order valence-electron chi connectivity index (χ1n) is 10.2. The molecule has 0 unspecified atom stereocenters. The molecule has 2 atom stereocenters. The molecule has 1 rings (SSSR count). The molecule has 0 saturated carbocycles. The Kier molecular flexibility index (Phi) is 12.0. The second-order valence-electron chi connectivity index (χ2n) is 7.14. The maximum Gasteiger partial charge on any atom is 0.220 e. The number of unbranched alkanes of at least 4 members (excludes halogenated alkanes) is 9. The SMILES string of the molecule is CCCCCCCCCCCCC(=O)N[C@@H](C)[C@H](O)c1ccccc1. The van der Waals surface area contributed by atoms with Gasteiger partial charge in [-0.3, -0.25) is 4.79 Å². The highest BCUT2D eigenvalue weighted by Crippen LogP contribution is 2.16. The lowest BCUT2D eigenvalue weighted by atomic mass is 10.0. The largest absolute Gasteiger partial charge is 0.386 e. The van der Waals surface area contributed by atoms with Gasteiger partial charge in [0.1, 0.15) is 0 Å². The van der Waals surface area contributed by atoms with Crippen molar-refractivity contribution >= 4 is 5.91 Å². The molecule has 0 spiro atoms. The van der Waals surface area contributed by atoms with Crippen LogP contribution in [0.2, 0.25) is 0 Å². The number of amides is 1. The van der Waals surface area contributed by atoms with Gasteiger partial charge in [0.05, 0.1) is 12.1 Å². The van der Waals surface area contributed by atoms with Gasteiger partial charge in [-0.15, -0.1) is 0 Å². The Balaban J connectivity index is 2.03. The summed E-state index contributed by atoms with van der Waals surface area (Å²) < 4.78 is 0. The zero-order chi connectivity index (χ0) is 18.3. The van der Waals surface area contributed by atoms with Crippen molar-refractivity contribution in [1.82, 2.24) is 5.32 Å². The van der Waals surface area contributed by atoms with Gasteiger partial charge >= 0.3 is 0 Å². The zero-order valence-corrected chi connectivity index (χ0v) is 16.2. The summed E-state index contributed by atoms with van der Waals surface area (Å²) in [4.78, 5) is 12.0. The summed E-state index contributed by atoms with van der Waals surface area (Å²) in [5.74, 6) is 0.0436. The van der Waals surface area contributed by atoms with E-state index in [9.17, 15) is 9.90 Å². The third-order valence-electron chi connectivity index (χ3n) is 4.76. The van der Waals surface area contributed by atoms with E-state index >= 15 is 0 Å². The van der Waals surface area contributed by atoms with Crippen LogP contribution in [-0.2, 0) is 4.79 Å². The molecule has 25 heavy (non-hydrogen) atoms. The van der Waals surface area contributed by atoms with E-state index in [1.54, 1.807) is 0 Å². The third kappa shape index (κ3) is 10.3. The van der Waals surface area contributed by atoms with E-state index in [1.165, 1.54) is 51.4 Å². The van der Waals surface area contributed by atoms with E-state index in [2.05, 4.69) is 12.2 Å². The molecule has 0 aliphatic rings. The Morgan fingerprint density at radius 2 is 1.44 bits per heavy atom. The minimum absolute atomic E-state index is 0.0436. The number of carbonyl (C=O) groups excluding carboxylic acids is 1. The Labute approximate surface area is 154 Å². The fourth-order valence-electron chi connectivity index (χ4n) is 3.12. The van der Waals surface area contributed by atoms with Crippen LogP contribution in [0, 0.1) is 0 Å². The highest BCUT2D eigenvalue weighted by Gasteiger charge is 2.17. The van der Waals surface area contributed by atoms with Gasteiger partial charge in [0, 0.05) is 6.42 Å². The molecular formula is C22H37NO2. The van der Waals surface area contributed by atoms with Gasteiger partial charge in [-0.2, -0.15) is 0 Å². The van der Waals surface area contributed by atoms with Gasteiger partial charge < -0.3 is 10.4 Å². The highest BCUT2D eigenvalue weighted by atomic mass is 16.3. The van der Waals surface area contributed by atoms with Gasteiger partial charge in [-0.25, -0.2) is 0 Å². The van der Waals surface area contributed by atoms with Crippen LogP contribution in [0.15, 0.2) is 30.3 Å². The van der Waals surface area contributed by atoms with Crippen molar-refractivity contribution in [2.75, 3.05) is 0 Å². The summed E-state index contributed by atoms with van der Waals surface area (Å²) in [7, 11) is 0. The second-order valence-corrected chi connectivity index (χ2v) is 7.14. The van der Waals surface area contributed by atoms with Crippen molar-refractivity contribution in [2.45, 2.75) is 96.6 Å². The first-order chi connectivity index (χ1) is 12.1. The topological polar surface area (TPSA) is 49.3 Å². The summed E-state index contributed by atoms with van der Waals surface area (Å²) in [5.41, 5.74) is 0.842. The van der Waals surface area contributed by atoms with Gasteiger partial charge in [0.15, 0.2) is 0 Å². The van der Waals surface area contributed by atoms with Gasteiger partial charge in [-0.1, -0.05) is 95.0 Å². The van der Waals surface area contributed by atoms with Crippen molar-refractivity contribution in [3.05, 3.63) is 35.9 Å². The zero-order valence-electron chi connectivity index (χ0n) is 16.2. The molecule has 0 fully saturated rings. The summed E-state index contributed by atoms with van der Waals surface area (Å²) in [6.07, 6.45) is 12.6. The van der Waals surface area contributed by atoms with Crippen molar-refractivity contribution in [2.24, 2.45) is 0 Å². The van der Waals surface area contributed by atoms with Crippen molar-refractivity contribution in [3.8, 4) is 0 Å². The number of aliphatic hydroxyl groups is 1. The molecule has 142 valence electrons. The Bertz CT molecular complexity index is 447. The number of hydrogen-bond donors (Lipinski definition) is 2. The second kappa shape index (κ2) is 13.9. The standard InChI is InChI=1S/C22H37NO2/c1-3-4-5-6-7-8-9-10-11-15-18-21(24)23-19(2)22(25)20-16-13-12-14-17-20/h12-14,16-17,19,22,25H,3-11,15,18H2,1-2H3,(H,23,24)/t19-,22-/m0/s1. The summed E-state index contributed by atoms with van der Waals surface area (Å²) in [6, 6.07) is 9.22. The maximum atomic E-state index is 12.0. The molecule has 1 aromatic carbocycles. The number of hydrogen-bond acceptors (Lipinski definition) is 2. The molecule has 0 aliphatic heterocycles. The van der Waals surface area contributed by atoms with E-state index < -0.39 is 6.10 Å². The number of rotatable bonds is 14. The Morgan fingerprint density at radius 3 is 2.00 bits per heavy atom. The molecular weight excluding hydrogens is 310 g/mol. The van der Waals surface area contributed by atoms with Gasteiger partial charge in [0.2, 0.25) is 5.91 Å². The van der Waals surface area contributed by atoms with Crippen LogP contribution in [0.25, 0.3) is 0 Å².